The Kier molecular flexibility index (Phi) is 4.12. The topological polar surface area (TPSA) is 150 Å². The van der Waals surface area contributed by atoms with E-state index >= 15 is 0 Å². The maximum absolute atomic E-state index is 13.1. The zero-order chi connectivity index (χ0) is 19.2. The number of nitrogens with two attached hydrogens (primary N) is 1. The standard InChI is InChI=1S/C17H22N6O4/c18-14(25)12-2-1-3-23(12)15(26)11(5-10-7-19-8-20-10)21-16(27)17-6-9(17)4-13(24)22-17/h7-9,11-12H,1-6H2,(H2,18,25)(H,19,20)(H,21,27)(H,22,24)/t9?,11-,12-,17?/m0/s1. The largest absolute Gasteiger partial charge is 0.368 e. The van der Waals surface area contributed by atoms with E-state index in [1.807, 2.05) is 0 Å². The molecule has 3 fully saturated rings. The lowest BCUT2D eigenvalue weighted by atomic mass is 10.1. The van der Waals surface area contributed by atoms with Gasteiger partial charge in [0.15, 0.2) is 0 Å². The van der Waals surface area contributed by atoms with Crippen LogP contribution in [0, 0.1) is 5.92 Å². The number of H-pyrrole nitrogens is 1. The van der Waals surface area contributed by atoms with E-state index < -0.39 is 23.5 Å². The van der Waals surface area contributed by atoms with Crippen LogP contribution >= 0.6 is 0 Å². The van der Waals surface area contributed by atoms with Crippen LogP contribution in [-0.4, -0.2) is 62.7 Å². The molecular formula is C17H22N6O4. The maximum Gasteiger partial charge on any atom is 0.246 e. The molecule has 4 rings (SSSR count). The molecule has 1 aromatic heterocycles. The summed E-state index contributed by atoms with van der Waals surface area (Å²) >= 11 is 0. The van der Waals surface area contributed by atoms with Crippen molar-refractivity contribution in [3.8, 4) is 0 Å². The molecule has 2 aliphatic heterocycles. The van der Waals surface area contributed by atoms with Crippen molar-refractivity contribution in [1.29, 1.82) is 0 Å². The number of aromatic nitrogens is 2. The molecule has 3 heterocycles. The van der Waals surface area contributed by atoms with E-state index in [9.17, 15) is 19.2 Å². The average molecular weight is 374 g/mol. The van der Waals surface area contributed by atoms with Crippen molar-refractivity contribution in [1.82, 2.24) is 25.5 Å². The van der Waals surface area contributed by atoms with Crippen LogP contribution in [0.2, 0.25) is 0 Å². The highest BCUT2D eigenvalue weighted by molar-refractivity contribution is 6.01. The van der Waals surface area contributed by atoms with E-state index in [2.05, 4.69) is 20.6 Å². The highest BCUT2D eigenvalue weighted by atomic mass is 16.2. The second kappa shape index (κ2) is 6.36. The number of aromatic amines is 1. The number of fused-ring (bicyclic) bond motifs is 1. The normalized spacial score (nSPS) is 29.8. The molecule has 0 aromatic carbocycles. The lowest BCUT2D eigenvalue weighted by Gasteiger charge is -2.28. The summed E-state index contributed by atoms with van der Waals surface area (Å²) in [7, 11) is 0. The highest BCUT2D eigenvalue weighted by Crippen LogP contribution is 2.50. The first-order valence-electron chi connectivity index (χ1n) is 9.10. The Morgan fingerprint density at radius 2 is 2.26 bits per heavy atom. The number of hydrogen-bond donors (Lipinski definition) is 4. The van der Waals surface area contributed by atoms with Crippen molar-refractivity contribution in [3.63, 3.8) is 0 Å². The summed E-state index contributed by atoms with van der Waals surface area (Å²) in [6.07, 6.45) is 5.41. The third-order valence-electron chi connectivity index (χ3n) is 5.75. The van der Waals surface area contributed by atoms with Crippen LogP contribution in [0.3, 0.4) is 0 Å². The van der Waals surface area contributed by atoms with E-state index in [0.29, 0.717) is 37.9 Å². The van der Waals surface area contributed by atoms with Crippen LogP contribution in [0.25, 0.3) is 0 Å². The molecule has 10 nitrogen and oxygen atoms in total. The number of imidazole rings is 1. The van der Waals surface area contributed by atoms with E-state index in [0.717, 1.165) is 0 Å². The number of hydrogen-bond acceptors (Lipinski definition) is 5. The van der Waals surface area contributed by atoms with Gasteiger partial charge < -0.3 is 26.3 Å². The first-order valence-corrected chi connectivity index (χ1v) is 9.10. The lowest BCUT2D eigenvalue weighted by Crippen LogP contribution is -2.57. The highest BCUT2D eigenvalue weighted by Gasteiger charge is 2.65. The number of piperidine rings is 1. The molecule has 4 atom stereocenters. The molecule has 27 heavy (non-hydrogen) atoms. The van der Waals surface area contributed by atoms with Gasteiger partial charge in [0.25, 0.3) is 0 Å². The van der Waals surface area contributed by atoms with Crippen molar-refractivity contribution >= 4 is 23.6 Å². The van der Waals surface area contributed by atoms with Gasteiger partial charge in [-0.15, -0.1) is 0 Å². The molecule has 0 radical (unpaired) electrons. The predicted octanol–water partition coefficient (Wildman–Crippen LogP) is -1.81. The van der Waals surface area contributed by atoms with E-state index in [-0.39, 0.29) is 30.1 Å². The zero-order valence-corrected chi connectivity index (χ0v) is 14.7. The summed E-state index contributed by atoms with van der Waals surface area (Å²) in [6.45, 7) is 0.423. The zero-order valence-electron chi connectivity index (χ0n) is 14.7. The van der Waals surface area contributed by atoms with Gasteiger partial charge in [0, 0.05) is 37.2 Å². The van der Waals surface area contributed by atoms with Gasteiger partial charge in [-0.25, -0.2) is 4.98 Å². The summed E-state index contributed by atoms with van der Waals surface area (Å²) < 4.78 is 0. The van der Waals surface area contributed by atoms with Crippen LogP contribution in [-0.2, 0) is 25.6 Å². The monoisotopic (exact) mass is 374 g/mol. The number of nitrogens with one attached hydrogen (secondary N) is 3. The van der Waals surface area contributed by atoms with Crippen molar-refractivity contribution < 1.29 is 19.2 Å². The molecule has 2 unspecified atom stereocenters. The van der Waals surface area contributed by atoms with Gasteiger partial charge in [0.1, 0.15) is 17.6 Å². The predicted molar refractivity (Wildman–Crippen MR) is 91.7 cm³/mol. The lowest BCUT2D eigenvalue weighted by molar-refractivity contribution is -0.141. The van der Waals surface area contributed by atoms with Crippen molar-refractivity contribution in [2.75, 3.05) is 6.54 Å². The molecule has 1 saturated carbocycles. The summed E-state index contributed by atoms with van der Waals surface area (Å²) in [6, 6.07) is -1.53. The average Bonchev–Trinajstić information content (AvgIpc) is 3.09. The maximum atomic E-state index is 13.1. The molecule has 3 aliphatic rings. The molecule has 1 aliphatic carbocycles. The number of amides is 4. The van der Waals surface area contributed by atoms with E-state index in [4.69, 9.17) is 5.73 Å². The van der Waals surface area contributed by atoms with E-state index in [1.165, 1.54) is 11.2 Å². The summed E-state index contributed by atoms with van der Waals surface area (Å²) in [5, 5.41) is 5.52. The van der Waals surface area contributed by atoms with Crippen LogP contribution in [0.4, 0.5) is 0 Å². The van der Waals surface area contributed by atoms with Crippen LogP contribution in [0.1, 0.15) is 31.4 Å². The van der Waals surface area contributed by atoms with Gasteiger partial charge in [-0.3, -0.25) is 19.2 Å². The SMILES string of the molecule is NC(=O)[C@@H]1CCCN1C(=O)[C@H](Cc1cnc[nH]1)NC(=O)C12CC1CC(=O)N2. The fourth-order valence-electron chi connectivity index (χ4n) is 4.22. The second-order valence-corrected chi connectivity index (χ2v) is 7.52. The van der Waals surface area contributed by atoms with Gasteiger partial charge in [-0.05, 0) is 19.3 Å². The van der Waals surface area contributed by atoms with Gasteiger partial charge in [-0.2, -0.15) is 0 Å². The quantitative estimate of drug-likeness (QED) is 0.463. The van der Waals surface area contributed by atoms with Crippen molar-refractivity contribution in [2.24, 2.45) is 11.7 Å². The minimum absolute atomic E-state index is 0.0157. The van der Waals surface area contributed by atoms with Crippen molar-refractivity contribution in [3.05, 3.63) is 18.2 Å². The third kappa shape index (κ3) is 3.04. The molecule has 1 aromatic rings. The summed E-state index contributed by atoms with van der Waals surface area (Å²) in [5.41, 5.74) is 5.21. The third-order valence-corrected chi connectivity index (χ3v) is 5.75. The number of likely N-dealkylation sites (tertiary alicyclic amines) is 1. The Labute approximate surface area is 155 Å². The number of nitrogens with zero attached hydrogens (tertiary/aromatic N) is 2. The number of carbonyl (C=O) groups excluding carboxylic acids is 4. The minimum Gasteiger partial charge on any atom is -0.368 e. The molecule has 0 spiro atoms. The van der Waals surface area contributed by atoms with Gasteiger partial charge in [0.05, 0.1) is 6.33 Å². The van der Waals surface area contributed by atoms with Crippen LogP contribution in [0.15, 0.2) is 12.5 Å². The smallest absolute Gasteiger partial charge is 0.246 e. The first kappa shape index (κ1) is 17.5. The Morgan fingerprint density at radius 1 is 1.44 bits per heavy atom. The Morgan fingerprint density at radius 3 is 2.89 bits per heavy atom. The number of rotatable bonds is 6. The molecule has 2 saturated heterocycles. The molecule has 144 valence electrons. The van der Waals surface area contributed by atoms with Crippen LogP contribution < -0.4 is 16.4 Å². The molecule has 5 N–H and O–H groups in total. The Hall–Kier alpha value is -2.91. The summed E-state index contributed by atoms with van der Waals surface area (Å²) in [4.78, 5) is 57.4. The van der Waals surface area contributed by atoms with Gasteiger partial charge in [-0.1, -0.05) is 0 Å². The molecule has 10 heteroatoms. The van der Waals surface area contributed by atoms with Gasteiger partial charge >= 0.3 is 0 Å². The fourth-order valence-corrected chi connectivity index (χ4v) is 4.22. The summed E-state index contributed by atoms with van der Waals surface area (Å²) in [5.74, 6) is -1.41. The molecule has 0 bridgehead atoms. The minimum atomic E-state index is -0.891. The van der Waals surface area contributed by atoms with Crippen molar-refractivity contribution in [2.45, 2.75) is 49.7 Å². The first-order chi connectivity index (χ1) is 12.9. The fraction of sp³-hybridized carbons (Fsp3) is 0.588. The Balaban J connectivity index is 1.52. The van der Waals surface area contributed by atoms with E-state index in [1.54, 1.807) is 6.20 Å². The van der Waals surface area contributed by atoms with Crippen LogP contribution in [0.5, 0.6) is 0 Å². The second-order valence-electron chi connectivity index (χ2n) is 7.52. The molecular weight excluding hydrogens is 352 g/mol. The number of primary amides is 1. The van der Waals surface area contributed by atoms with Gasteiger partial charge in [0.2, 0.25) is 23.6 Å². The Bertz CT molecular complexity index is 793. The molecule has 4 amide bonds. The number of carbonyl (C=O) groups is 4.